The third-order valence-electron chi connectivity index (χ3n) is 5.88. The van der Waals surface area contributed by atoms with E-state index in [0.29, 0.717) is 12.5 Å². The van der Waals surface area contributed by atoms with Gasteiger partial charge in [0.1, 0.15) is 5.75 Å². The number of anilines is 1. The van der Waals surface area contributed by atoms with E-state index in [0.717, 1.165) is 44.0 Å². The van der Waals surface area contributed by atoms with Crippen molar-refractivity contribution in [1.29, 1.82) is 0 Å². The molecule has 0 saturated heterocycles. The SMILES string of the molecule is CCCCCCCCOc1ccc2c(c1)C(CCn1ccnc1)CN2CCC(=O)O. The molecular formula is C24H35N3O3. The van der Waals surface area contributed by atoms with Gasteiger partial charge in [-0.05, 0) is 36.6 Å². The highest BCUT2D eigenvalue weighted by Crippen LogP contribution is 2.40. The lowest BCUT2D eigenvalue weighted by atomic mass is 9.97. The second-order valence-corrected chi connectivity index (χ2v) is 8.21. The maximum absolute atomic E-state index is 11.1. The van der Waals surface area contributed by atoms with Crippen LogP contribution in [0, 0.1) is 0 Å². The third kappa shape index (κ3) is 6.51. The Labute approximate surface area is 179 Å². The van der Waals surface area contributed by atoms with E-state index < -0.39 is 5.97 Å². The molecule has 1 aliphatic heterocycles. The summed E-state index contributed by atoms with van der Waals surface area (Å²) in [6, 6.07) is 6.30. The van der Waals surface area contributed by atoms with Crippen LogP contribution >= 0.6 is 0 Å². The van der Waals surface area contributed by atoms with Crippen LogP contribution in [0.25, 0.3) is 0 Å². The van der Waals surface area contributed by atoms with Crippen LogP contribution in [0.1, 0.15) is 69.8 Å². The van der Waals surface area contributed by atoms with E-state index in [2.05, 4.69) is 33.5 Å². The Morgan fingerprint density at radius 2 is 2.03 bits per heavy atom. The number of nitrogens with zero attached hydrogens (tertiary/aromatic N) is 3. The van der Waals surface area contributed by atoms with Gasteiger partial charge in [0.2, 0.25) is 0 Å². The first-order chi connectivity index (χ1) is 14.7. The number of fused-ring (bicyclic) bond motifs is 1. The van der Waals surface area contributed by atoms with Gasteiger partial charge in [0.05, 0.1) is 19.4 Å². The number of aromatic nitrogens is 2. The topological polar surface area (TPSA) is 67.6 Å². The second-order valence-electron chi connectivity index (χ2n) is 8.21. The van der Waals surface area contributed by atoms with Crippen molar-refractivity contribution in [3.05, 3.63) is 42.5 Å². The first kappa shape index (κ1) is 22.2. The summed E-state index contributed by atoms with van der Waals surface area (Å²) in [4.78, 5) is 17.4. The molecule has 0 saturated carbocycles. The summed E-state index contributed by atoms with van der Waals surface area (Å²) in [5, 5.41) is 9.09. The van der Waals surface area contributed by atoms with E-state index in [1.54, 1.807) is 6.20 Å². The fourth-order valence-corrected chi connectivity index (χ4v) is 4.19. The van der Waals surface area contributed by atoms with E-state index >= 15 is 0 Å². The molecule has 0 radical (unpaired) electrons. The second kappa shape index (κ2) is 11.6. The van der Waals surface area contributed by atoms with Gasteiger partial charge in [0.15, 0.2) is 0 Å². The highest BCUT2D eigenvalue weighted by Gasteiger charge is 2.29. The van der Waals surface area contributed by atoms with Crippen LogP contribution in [0.3, 0.4) is 0 Å². The van der Waals surface area contributed by atoms with Gasteiger partial charge in [0, 0.05) is 43.6 Å². The minimum Gasteiger partial charge on any atom is -0.494 e. The lowest BCUT2D eigenvalue weighted by Gasteiger charge is -2.19. The van der Waals surface area contributed by atoms with Crippen molar-refractivity contribution in [2.75, 3.05) is 24.6 Å². The van der Waals surface area contributed by atoms with Gasteiger partial charge < -0.3 is 19.3 Å². The van der Waals surface area contributed by atoms with Crippen LogP contribution < -0.4 is 9.64 Å². The third-order valence-corrected chi connectivity index (χ3v) is 5.88. The van der Waals surface area contributed by atoms with Crippen LogP contribution in [0.15, 0.2) is 36.9 Å². The van der Waals surface area contributed by atoms with E-state index in [4.69, 9.17) is 9.84 Å². The maximum Gasteiger partial charge on any atom is 0.305 e. The highest BCUT2D eigenvalue weighted by atomic mass is 16.5. The highest BCUT2D eigenvalue weighted by molar-refractivity contribution is 5.69. The molecule has 2 aromatic rings. The fourth-order valence-electron chi connectivity index (χ4n) is 4.19. The van der Waals surface area contributed by atoms with Gasteiger partial charge in [-0.15, -0.1) is 0 Å². The van der Waals surface area contributed by atoms with Crippen molar-refractivity contribution < 1.29 is 14.6 Å². The quantitative estimate of drug-likeness (QED) is 0.437. The number of unbranched alkanes of at least 4 members (excludes halogenated alkanes) is 5. The summed E-state index contributed by atoms with van der Waals surface area (Å²) in [7, 11) is 0. The molecule has 30 heavy (non-hydrogen) atoms. The van der Waals surface area contributed by atoms with Gasteiger partial charge in [-0.2, -0.15) is 0 Å². The zero-order valence-corrected chi connectivity index (χ0v) is 18.1. The van der Waals surface area contributed by atoms with Crippen LogP contribution in [0.5, 0.6) is 5.75 Å². The molecule has 1 unspecified atom stereocenters. The van der Waals surface area contributed by atoms with Gasteiger partial charge in [-0.1, -0.05) is 39.0 Å². The lowest BCUT2D eigenvalue weighted by Crippen LogP contribution is -2.25. The van der Waals surface area contributed by atoms with Crippen molar-refractivity contribution >= 4 is 11.7 Å². The monoisotopic (exact) mass is 413 g/mol. The summed E-state index contributed by atoms with van der Waals surface area (Å²) in [6.45, 7) is 5.30. The molecule has 1 N–H and O–H groups in total. The average molecular weight is 414 g/mol. The van der Waals surface area contributed by atoms with Gasteiger partial charge >= 0.3 is 5.97 Å². The summed E-state index contributed by atoms with van der Waals surface area (Å²) >= 11 is 0. The fraction of sp³-hybridized carbons (Fsp3) is 0.583. The Balaban J connectivity index is 1.58. The Bertz CT molecular complexity index is 776. The molecule has 3 rings (SSSR count). The van der Waals surface area contributed by atoms with E-state index in [9.17, 15) is 4.79 Å². The molecule has 0 aliphatic carbocycles. The zero-order valence-electron chi connectivity index (χ0n) is 18.1. The minimum absolute atomic E-state index is 0.157. The molecule has 0 amide bonds. The summed E-state index contributed by atoms with van der Waals surface area (Å²) in [5.74, 6) is 0.543. The summed E-state index contributed by atoms with van der Waals surface area (Å²) < 4.78 is 8.14. The maximum atomic E-state index is 11.1. The van der Waals surface area contributed by atoms with Crippen LogP contribution in [0.2, 0.25) is 0 Å². The number of carboxylic acids is 1. The van der Waals surface area contributed by atoms with Crippen LogP contribution in [-0.4, -0.2) is 40.3 Å². The van der Waals surface area contributed by atoms with Gasteiger partial charge in [-0.25, -0.2) is 4.98 Å². The summed E-state index contributed by atoms with van der Waals surface area (Å²) in [5.41, 5.74) is 2.43. The lowest BCUT2D eigenvalue weighted by molar-refractivity contribution is -0.136. The van der Waals surface area contributed by atoms with Gasteiger partial charge in [-0.3, -0.25) is 4.79 Å². The molecule has 2 heterocycles. The Morgan fingerprint density at radius 1 is 1.20 bits per heavy atom. The first-order valence-corrected chi connectivity index (χ1v) is 11.4. The normalized spacial score (nSPS) is 15.4. The Morgan fingerprint density at radius 3 is 2.80 bits per heavy atom. The molecule has 164 valence electrons. The molecule has 1 aliphatic rings. The van der Waals surface area contributed by atoms with Crippen molar-refractivity contribution in [2.24, 2.45) is 0 Å². The van der Waals surface area contributed by atoms with Gasteiger partial charge in [0.25, 0.3) is 0 Å². The summed E-state index contributed by atoms with van der Waals surface area (Å²) in [6.07, 6.45) is 14.3. The van der Waals surface area contributed by atoms with Crippen molar-refractivity contribution in [1.82, 2.24) is 9.55 Å². The molecule has 1 aromatic heterocycles. The number of carbonyl (C=O) groups is 1. The minimum atomic E-state index is -0.752. The largest absolute Gasteiger partial charge is 0.494 e. The first-order valence-electron chi connectivity index (χ1n) is 11.4. The number of imidazole rings is 1. The molecular weight excluding hydrogens is 378 g/mol. The predicted octanol–water partition coefficient (Wildman–Crippen LogP) is 5.09. The predicted molar refractivity (Wildman–Crippen MR) is 119 cm³/mol. The van der Waals surface area contributed by atoms with Crippen molar-refractivity contribution in [2.45, 2.75) is 70.8 Å². The Hall–Kier alpha value is -2.50. The smallest absolute Gasteiger partial charge is 0.305 e. The molecule has 1 atom stereocenters. The number of hydrogen-bond donors (Lipinski definition) is 1. The van der Waals surface area contributed by atoms with E-state index in [1.807, 2.05) is 18.6 Å². The van der Waals surface area contributed by atoms with Crippen molar-refractivity contribution in [3.8, 4) is 5.75 Å². The van der Waals surface area contributed by atoms with Crippen LogP contribution in [-0.2, 0) is 11.3 Å². The number of aryl methyl sites for hydroxylation is 1. The van der Waals surface area contributed by atoms with E-state index in [-0.39, 0.29) is 6.42 Å². The molecule has 6 heteroatoms. The standard InChI is InChI=1S/C24H35N3O3/c1-2-3-4-5-6-7-16-30-21-8-9-23-22(17-21)20(10-13-26-15-12-25-19-26)18-27(23)14-11-24(28)29/h8-9,12,15,17,19-20H,2-7,10-11,13-14,16,18H2,1H3,(H,28,29). The molecule has 0 bridgehead atoms. The number of ether oxygens (including phenoxy) is 1. The van der Waals surface area contributed by atoms with Crippen molar-refractivity contribution in [3.63, 3.8) is 0 Å². The molecule has 0 fully saturated rings. The zero-order chi connectivity index (χ0) is 21.2. The number of benzene rings is 1. The molecule has 1 aromatic carbocycles. The Kier molecular flexibility index (Phi) is 8.60. The van der Waals surface area contributed by atoms with Crippen LogP contribution in [0.4, 0.5) is 5.69 Å². The number of aliphatic carboxylic acids is 1. The average Bonchev–Trinajstić information content (AvgIpc) is 3.37. The number of hydrogen-bond acceptors (Lipinski definition) is 4. The molecule has 0 spiro atoms. The number of carboxylic acid groups (broad SMARTS) is 1. The number of rotatable bonds is 14. The van der Waals surface area contributed by atoms with E-state index in [1.165, 1.54) is 37.7 Å². The molecule has 6 nitrogen and oxygen atoms in total.